The smallest absolute Gasteiger partial charge is 0.121 e. The van der Waals surface area contributed by atoms with Crippen LogP contribution in [0.2, 0.25) is 0 Å². The van der Waals surface area contributed by atoms with Gasteiger partial charge in [-0.15, -0.1) is 12.6 Å². The highest BCUT2D eigenvalue weighted by Crippen LogP contribution is 2.41. The van der Waals surface area contributed by atoms with Crippen molar-refractivity contribution in [2.75, 3.05) is 5.32 Å². The van der Waals surface area contributed by atoms with Crippen LogP contribution in [-0.2, 0) is 0 Å². The van der Waals surface area contributed by atoms with Crippen molar-refractivity contribution >= 4 is 30.1 Å². The summed E-state index contributed by atoms with van der Waals surface area (Å²) in [5.41, 5.74) is 0.769. The third kappa shape index (κ3) is 1.28. The first-order valence-electron chi connectivity index (χ1n) is 3.59. The highest BCUT2D eigenvalue weighted by Gasteiger charge is 2.17. The average Bonchev–Trinajstić information content (AvgIpc) is 2.21. The van der Waals surface area contributed by atoms with Crippen LogP contribution in [0.25, 0.3) is 0 Å². The molecule has 11 heavy (non-hydrogen) atoms. The Morgan fingerprint density at radius 1 is 1.73 bits per heavy atom. The van der Waals surface area contributed by atoms with Crippen molar-refractivity contribution < 1.29 is 6.48 Å². The van der Waals surface area contributed by atoms with Gasteiger partial charge >= 0.3 is 0 Å². The molecule has 2 nitrogen and oxygen atoms in total. The number of phenolic OH excluding ortho intramolecular Hbond substituents is 1. The second-order valence-electron chi connectivity index (χ2n) is 2.21. The normalized spacial score (nSPS) is 29.0. The molecule has 1 aliphatic heterocycles. The lowest BCUT2D eigenvalue weighted by Gasteiger charge is -1.99. The molecule has 0 spiro atoms. The fourth-order valence-corrected chi connectivity index (χ4v) is 2.09. The van der Waals surface area contributed by atoms with Gasteiger partial charge in [-0.25, -0.2) is 0 Å². The van der Waals surface area contributed by atoms with Gasteiger partial charge in [0.05, 0.1) is 7.06 Å². The van der Waals surface area contributed by atoms with E-state index in [-0.39, 0.29) is 5.75 Å². The highest BCUT2D eigenvalue weighted by molar-refractivity contribution is 8.10. The van der Waals surface area contributed by atoms with Gasteiger partial charge in [-0.3, -0.25) is 0 Å². The number of rotatable bonds is 0. The van der Waals surface area contributed by atoms with Crippen molar-refractivity contribution in [2.24, 2.45) is 0 Å². The van der Waals surface area contributed by atoms with Gasteiger partial charge in [-0.1, -0.05) is 11.8 Å². The van der Waals surface area contributed by atoms with Crippen molar-refractivity contribution in [1.82, 2.24) is 0 Å². The van der Waals surface area contributed by atoms with E-state index in [0.717, 1.165) is 10.6 Å². The van der Waals surface area contributed by atoms with E-state index in [1.165, 1.54) is 11.8 Å². The molecule has 0 saturated carbocycles. The summed E-state index contributed by atoms with van der Waals surface area (Å²) in [5.74, 6) is 0.202. The van der Waals surface area contributed by atoms with Crippen molar-refractivity contribution in [2.45, 2.75) is 9.58 Å². The molecule has 2 rings (SSSR count). The molecule has 1 unspecified atom stereocenters. The molecule has 1 heterocycles. The van der Waals surface area contributed by atoms with E-state index in [0.29, 0.717) is 0 Å². The molecule has 0 amide bonds. The Hall–Kier alpha value is -0.480. The zero-order valence-corrected chi connectivity index (χ0v) is 7.25. The van der Waals surface area contributed by atoms with Crippen molar-refractivity contribution in [3.8, 4) is 5.75 Å². The van der Waals surface area contributed by atoms with Crippen molar-refractivity contribution in [1.29, 1.82) is 0 Å². The number of hydrogen-bond acceptors (Lipinski definition) is 4. The molecular weight excluding hydrogens is 178 g/mol. The largest absolute Gasteiger partial charge is 0.508 e. The summed E-state index contributed by atoms with van der Waals surface area (Å²) in [4.78, 5) is 0.942. The molecule has 58 valence electrons. The van der Waals surface area contributed by atoms with Gasteiger partial charge in [0.2, 0.25) is 0 Å². The lowest BCUT2D eigenvalue weighted by atomic mass is 10.3. The van der Waals surface area contributed by atoms with Crippen LogP contribution in [0.15, 0.2) is 23.1 Å². The summed E-state index contributed by atoms with van der Waals surface area (Å²) in [6, 6.07) is 4.96. The zero-order chi connectivity index (χ0) is 8.77. The fraction of sp³-hybridized carbons (Fsp3) is 0.143. The van der Waals surface area contributed by atoms with Crippen LogP contribution < -0.4 is 5.32 Å². The van der Waals surface area contributed by atoms with Crippen LogP contribution in [0.5, 0.6) is 5.75 Å². The van der Waals surface area contributed by atoms with E-state index in [9.17, 15) is 0 Å². The Bertz CT molecular complexity index is 329. The Morgan fingerprint density at radius 2 is 2.55 bits per heavy atom. The van der Waals surface area contributed by atoms with Gasteiger partial charge in [0.25, 0.3) is 0 Å². The predicted octanol–water partition coefficient (Wildman–Crippen LogP) is 2.12. The maximum atomic E-state index is 9.13. The van der Waals surface area contributed by atoms with E-state index < -0.39 is 4.68 Å². The minimum Gasteiger partial charge on any atom is -0.508 e. The predicted molar refractivity (Wildman–Crippen MR) is 50.4 cm³/mol. The number of anilines is 1. The highest BCUT2D eigenvalue weighted by atomic mass is 32.2. The van der Waals surface area contributed by atoms with Crippen LogP contribution >= 0.6 is 24.4 Å². The minimum atomic E-state index is -1.00. The van der Waals surface area contributed by atoms with Crippen LogP contribution in [0.1, 0.15) is 1.37 Å². The topological polar surface area (TPSA) is 32.3 Å². The third-order valence-electron chi connectivity index (χ3n) is 1.41. The third-order valence-corrected chi connectivity index (χ3v) is 2.67. The zero-order valence-electron chi connectivity index (χ0n) is 6.53. The van der Waals surface area contributed by atoms with Gasteiger partial charge in [0.15, 0.2) is 0 Å². The number of phenols is 1. The van der Waals surface area contributed by atoms with E-state index in [2.05, 4.69) is 17.9 Å². The summed E-state index contributed by atoms with van der Waals surface area (Å²) in [6.07, 6.45) is 0. The second kappa shape index (κ2) is 2.53. The maximum Gasteiger partial charge on any atom is 0.121 e. The maximum absolute atomic E-state index is 9.13. The molecular formula is C7H7NOS2. The number of fused-ring (bicyclic) bond motifs is 1. The van der Waals surface area contributed by atoms with Gasteiger partial charge in [0, 0.05) is 11.0 Å². The quantitative estimate of drug-likeness (QED) is 0.543. The molecule has 0 radical (unpaired) electrons. The SMILES string of the molecule is [2H]C1(S)Nc2cc(O)ccc2S1. The summed E-state index contributed by atoms with van der Waals surface area (Å²) >= 11 is 5.38. The molecule has 1 aromatic rings. The van der Waals surface area contributed by atoms with E-state index in [1.54, 1.807) is 18.2 Å². The molecule has 0 aliphatic carbocycles. The first kappa shape index (κ1) is 6.08. The monoisotopic (exact) mass is 186 g/mol. The molecule has 0 fully saturated rings. The number of aromatic hydroxyl groups is 1. The summed E-state index contributed by atoms with van der Waals surface area (Å²) < 4.78 is 6.57. The van der Waals surface area contributed by atoms with Crippen LogP contribution in [0, 0.1) is 0 Å². The molecule has 0 saturated heterocycles. The number of benzene rings is 1. The van der Waals surface area contributed by atoms with E-state index in [1.807, 2.05) is 0 Å². The average molecular weight is 186 g/mol. The molecule has 1 atom stereocenters. The van der Waals surface area contributed by atoms with E-state index >= 15 is 0 Å². The summed E-state index contributed by atoms with van der Waals surface area (Å²) in [5, 5.41) is 12.0. The first-order chi connectivity index (χ1) is 5.57. The first-order valence-corrected chi connectivity index (χ1v) is 4.36. The van der Waals surface area contributed by atoms with Crippen LogP contribution in [0.4, 0.5) is 5.69 Å². The molecule has 0 bridgehead atoms. The molecule has 1 aliphatic rings. The number of hydrogen-bond donors (Lipinski definition) is 3. The summed E-state index contributed by atoms with van der Waals surface area (Å²) in [7, 11) is 0. The molecule has 4 heteroatoms. The van der Waals surface area contributed by atoms with Gasteiger partial charge in [0.1, 0.15) is 10.4 Å². The lowest BCUT2D eigenvalue weighted by molar-refractivity contribution is 0.475. The van der Waals surface area contributed by atoms with Crippen molar-refractivity contribution in [3.63, 3.8) is 0 Å². The number of thioether (sulfide) groups is 1. The van der Waals surface area contributed by atoms with Crippen LogP contribution in [-0.4, -0.2) is 9.79 Å². The number of thiol groups is 1. The van der Waals surface area contributed by atoms with Crippen LogP contribution in [0.3, 0.4) is 0 Å². The minimum absolute atomic E-state index is 0.202. The fourth-order valence-electron chi connectivity index (χ4n) is 0.950. The van der Waals surface area contributed by atoms with E-state index in [4.69, 9.17) is 6.48 Å². The Kier molecular flexibility index (Phi) is 1.40. The Labute approximate surface area is 75.8 Å². The van der Waals surface area contributed by atoms with Gasteiger partial charge in [-0.2, -0.15) is 0 Å². The Morgan fingerprint density at radius 3 is 3.36 bits per heavy atom. The number of nitrogens with one attached hydrogen (secondary N) is 1. The molecule has 1 aromatic carbocycles. The Balaban J connectivity index is 2.43. The second-order valence-corrected chi connectivity index (χ2v) is 4.01. The summed E-state index contributed by atoms with van der Waals surface area (Å²) in [6.45, 7) is 0. The van der Waals surface area contributed by atoms with Crippen molar-refractivity contribution in [3.05, 3.63) is 18.2 Å². The van der Waals surface area contributed by atoms with Gasteiger partial charge in [-0.05, 0) is 12.1 Å². The van der Waals surface area contributed by atoms with Gasteiger partial charge < -0.3 is 10.4 Å². The molecule has 2 N–H and O–H groups in total. The standard InChI is InChI=1S/C7H7NOS2/c9-4-1-2-6-5(3-4)8-7(10)11-6/h1-3,7-10H/i7D. The lowest BCUT2D eigenvalue weighted by Crippen LogP contribution is -1.98. The molecule has 0 aromatic heterocycles.